The molecule has 0 aliphatic rings. The molecule has 4 N–H and O–H groups in total. The van der Waals surface area contributed by atoms with Crippen molar-refractivity contribution in [2.75, 3.05) is 6.54 Å². The molecule has 0 unspecified atom stereocenters. The Morgan fingerprint density at radius 2 is 2.14 bits per heavy atom. The van der Waals surface area contributed by atoms with Gasteiger partial charge in [-0.3, -0.25) is 14.2 Å². The first-order valence-corrected chi connectivity index (χ1v) is 6.75. The normalized spacial score (nSPS) is 12.3. The van der Waals surface area contributed by atoms with Crippen molar-refractivity contribution in [2.24, 2.45) is 5.73 Å². The molecule has 1 aromatic heterocycles. The number of amides is 1. The van der Waals surface area contributed by atoms with Gasteiger partial charge in [0.15, 0.2) is 0 Å². The molecule has 7 nitrogen and oxygen atoms in total. The highest BCUT2D eigenvalue weighted by molar-refractivity contribution is 5.97. The Labute approximate surface area is 120 Å². The van der Waals surface area contributed by atoms with E-state index in [-0.39, 0.29) is 17.5 Å². The SMILES string of the molecule is CCn1c(=O)[nH]c2cc(C(=O)N[C@@H](C)CN)ccc2c1=O. The van der Waals surface area contributed by atoms with Crippen LogP contribution in [-0.2, 0) is 6.54 Å². The molecule has 1 aromatic carbocycles. The Bertz CT molecular complexity index is 791. The Morgan fingerprint density at radius 3 is 2.76 bits per heavy atom. The number of carbonyl (C=O) groups is 1. The molecule has 0 aliphatic carbocycles. The second-order valence-corrected chi connectivity index (χ2v) is 4.85. The lowest BCUT2D eigenvalue weighted by atomic mass is 10.1. The van der Waals surface area contributed by atoms with Gasteiger partial charge in [0, 0.05) is 24.7 Å². The molecule has 0 saturated carbocycles. The number of aromatic amines is 1. The molecule has 2 aromatic rings. The zero-order chi connectivity index (χ0) is 15.6. The third kappa shape index (κ3) is 2.87. The predicted molar refractivity (Wildman–Crippen MR) is 80.5 cm³/mol. The van der Waals surface area contributed by atoms with Crippen LogP contribution in [0.3, 0.4) is 0 Å². The van der Waals surface area contributed by atoms with Crippen molar-refractivity contribution < 1.29 is 4.79 Å². The molecule has 0 fully saturated rings. The third-order valence-corrected chi connectivity index (χ3v) is 3.29. The molecule has 1 heterocycles. The number of nitrogens with one attached hydrogen (secondary N) is 2. The van der Waals surface area contributed by atoms with Crippen LogP contribution in [0.4, 0.5) is 0 Å². The van der Waals surface area contributed by atoms with Gasteiger partial charge in [0.25, 0.3) is 11.5 Å². The van der Waals surface area contributed by atoms with E-state index >= 15 is 0 Å². The third-order valence-electron chi connectivity index (χ3n) is 3.29. The number of hydrogen-bond donors (Lipinski definition) is 3. The van der Waals surface area contributed by atoms with Gasteiger partial charge in [0.05, 0.1) is 10.9 Å². The van der Waals surface area contributed by atoms with Crippen LogP contribution < -0.4 is 22.3 Å². The van der Waals surface area contributed by atoms with Crippen molar-refractivity contribution in [3.05, 3.63) is 44.6 Å². The smallest absolute Gasteiger partial charge is 0.328 e. The van der Waals surface area contributed by atoms with Crippen LogP contribution in [-0.4, -0.2) is 28.0 Å². The molecule has 7 heteroatoms. The van der Waals surface area contributed by atoms with Crippen LogP contribution >= 0.6 is 0 Å². The minimum Gasteiger partial charge on any atom is -0.348 e. The maximum atomic E-state index is 12.1. The molecular formula is C14H18N4O3. The fourth-order valence-electron chi connectivity index (χ4n) is 2.05. The van der Waals surface area contributed by atoms with Gasteiger partial charge in [-0.05, 0) is 32.0 Å². The highest BCUT2D eigenvalue weighted by Crippen LogP contribution is 2.09. The fraction of sp³-hybridized carbons (Fsp3) is 0.357. The Hall–Kier alpha value is -2.41. The molecule has 0 spiro atoms. The number of rotatable bonds is 4. The van der Waals surface area contributed by atoms with Gasteiger partial charge in [0.2, 0.25) is 0 Å². The molecule has 0 saturated heterocycles. The first-order chi connectivity index (χ1) is 9.97. The summed E-state index contributed by atoms with van der Waals surface area (Å²) < 4.78 is 1.11. The van der Waals surface area contributed by atoms with Crippen molar-refractivity contribution in [1.82, 2.24) is 14.9 Å². The van der Waals surface area contributed by atoms with Gasteiger partial charge in [-0.25, -0.2) is 4.79 Å². The average molecular weight is 290 g/mol. The summed E-state index contributed by atoms with van der Waals surface area (Å²) in [6.45, 7) is 4.14. The van der Waals surface area contributed by atoms with Crippen molar-refractivity contribution in [2.45, 2.75) is 26.4 Å². The van der Waals surface area contributed by atoms with E-state index < -0.39 is 5.69 Å². The van der Waals surface area contributed by atoms with Crippen LogP contribution in [0, 0.1) is 0 Å². The van der Waals surface area contributed by atoms with Gasteiger partial charge in [-0.1, -0.05) is 0 Å². The highest BCUT2D eigenvalue weighted by Gasteiger charge is 2.12. The summed E-state index contributed by atoms with van der Waals surface area (Å²) in [6, 6.07) is 4.44. The molecule has 1 atom stereocenters. The summed E-state index contributed by atoms with van der Waals surface area (Å²) in [6.07, 6.45) is 0. The topological polar surface area (TPSA) is 110 Å². The molecule has 1 amide bonds. The standard InChI is InChI=1S/C14H18N4O3/c1-3-18-13(20)10-5-4-9(6-11(10)17-14(18)21)12(19)16-8(2)7-15/h4-6,8H,3,7,15H2,1-2H3,(H,16,19)(H,17,21)/t8-/m0/s1. The number of carbonyl (C=O) groups excluding carboxylic acids is 1. The summed E-state index contributed by atoms with van der Waals surface area (Å²) in [5.74, 6) is -0.296. The molecular weight excluding hydrogens is 272 g/mol. The lowest BCUT2D eigenvalue weighted by Gasteiger charge is -2.11. The predicted octanol–water partition coefficient (Wildman–Crippen LogP) is -0.213. The van der Waals surface area contributed by atoms with E-state index in [1.807, 2.05) is 0 Å². The van der Waals surface area contributed by atoms with Gasteiger partial charge in [-0.15, -0.1) is 0 Å². The van der Waals surface area contributed by atoms with E-state index in [0.717, 1.165) is 4.57 Å². The monoisotopic (exact) mass is 290 g/mol. The first kappa shape index (κ1) is 15.0. The second-order valence-electron chi connectivity index (χ2n) is 4.85. The van der Waals surface area contributed by atoms with Crippen molar-refractivity contribution >= 4 is 16.8 Å². The largest absolute Gasteiger partial charge is 0.348 e. The summed E-state index contributed by atoms with van der Waals surface area (Å²) in [4.78, 5) is 38.5. The second kappa shape index (κ2) is 5.92. The van der Waals surface area contributed by atoms with Crippen LogP contribution in [0.15, 0.2) is 27.8 Å². The van der Waals surface area contributed by atoms with Crippen LogP contribution in [0.5, 0.6) is 0 Å². The minimum absolute atomic E-state index is 0.152. The maximum Gasteiger partial charge on any atom is 0.328 e. The molecule has 112 valence electrons. The van der Waals surface area contributed by atoms with Crippen LogP contribution in [0.2, 0.25) is 0 Å². The van der Waals surface area contributed by atoms with Crippen LogP contribution in [0.1, 0.15) is 24.2 Å². The lowest BCUT2D eigenvalue weighted by molar-refractivity contribution is 0.0941. The summed E-state index contributed by atoms with van der Waals surface area (Å²) >= 11 is 0. The average Bonchev–Trinajstić information content (AvgIpc) is 2.46. The number of hydrogen-bond acceptors (Lipinski definition) is 4. The van der Waals surface area contributed by atoms with Crippen LogP contribution in [0.25, 0.3) is 10.9 Å². The number of nitrogens with zero attached hydrogens (tertiary/aromatic N) is 1. The van der Waals surface area contributed by atoms with E-state index in [1.54, 1.807) is 26.0 Å². The van der Waals surface area contributed by atoms with E-state index in [0.29, 0.717) is 29.6 Å². The zero-order valence-corrected chi connectivity index (χ0v) is 12.0. The Morgan fingerprint density at radius 1 is 1.43 bits per heavy atom. The number of H-pyrrole nitrogens is 1. The van der Waals surface area contributed by atoms with E-state index in [9.17, 15) is 14.4 Å². The number of fused-ring (bicyclic) bond motifs is 1. The number of benzene rings is 1. The summed E-state index contributed by atoms with van der Waals surface area (Å²) in [5.41, 5.74) is 5.33. The van der Waals surface area contributed by atoms with Gasteiger partial charge >= 0.3 is 5.69 Å². The van der Waals surface area contributed by atoms with E-state index in [1.165, 1.54) is 6.07 Å². The molecule has 2 rings (SSSR count). The molecule has 0 bridgehead atoms. The fourth-order valence-corrected chi connectivity index (χ4v) is 2.05. The maximum absolute atomic E-state index is 12.1. The van der Waals surface area contributed by atoms with Crippen molar-refractivity contribution in [3.8, 4) is 0 Å². The van der Waals surface area contributed by atoms with E-state index in [4.69, 9.17) is 5.73 Å². The molecule has 0 radical (unpaired) electrons. The molecule has 0 aliphatic heterocycles. The van der Waals surface area contributed by atoms with E-state index in [2.05, 4.69) is 10.3 Å². The number of aromatic nitrogens is 2. The first-order valence-electron chi connectivity index (χ1n) is 6.75. The van der Waals surface area contributed by atoms with Gasteiger partial charge in [-0.2, -0.15) is 0 Å². The summed E-state index contributed by atoms with van der Waals surface area (Å²) in [5, 5.41) is 3.10. The quantitative estimate of drug-likeness (QED) is 0.723. The van der Waals surface area contributed by atoms with Gasteiger partial charge < -0.3 is 16.0 Å². The van der Waals surface area contributed by atoms with Gasteiger partial charge in [0.1, 0.15) is 0 Å². The summed E-state index contributed by atoms with van der Waals surface area (Å²) in [7, 11) is 0. The Kier molecular flexibility index (Phi) is 4.23. The minimum atomic E-state index is -0.483. The van der Waals surface area contributed by atoms with Crippen molar-refractivity contribution in [1.29, 1.82) is 0 Å². The zero-order valence-electron chi connectivity index (χ0n) is 12.0. The Balaban J connectivity index is 2.50. The number of nitrogens with two attached hydrogens (primary N) is 1. The van der Waals surface area contributed by atoms with Crippen molar-refractivity contribution in [3.63, 3.8) is 0 Å². The molecule has 21 heavy (non-hydrogen) atoms. The lowest BCUT2D eigenvalue weighted by Crippen LogP contribution is -2.38. The highest BCUT2D eigenvalue weighted by atomic mass is 16.2.